The first-order valence-electron chi connectivity index (χ1n) is 7.75. The van der Waals surface area contributed by atoms with Gasteiger partial charge in [-0.15, -0.1) is 0 Å². The third-order valence-electron chi connectivity index (χ3n) is 4.18. The van der Waals surface area contributed by atoms with Crippen molar-refractivity contribution in [2.75, 3.05) is 18.6 Å². The predicted octanol–water partition coefficient (Wildman–Crippen LogP) is 1.20. The number of rotatable bonds is 4. The lowest BCUT2D eigenvalue weighted by molar-refractivity contribution is 0.194. The summed E-state index contributed by atoms with van der Waals surface area (Å²) in [4.78, 5) is 13.7. The van der Waals surface area contributed by atoms with Gasteiger partial charge in [0, 0.05) is 31.4 Å². The molecule has 3 rings (SSSR count). The van der Waals surface area contributed by atoms with Gasteiger partial charge in [0.15, 0.2) is 9.84 Å². The molecular weight excluding hydrogens is 328 g/mol. The summed E-state index contributed by atoms with van der Waals surface area (Å²) >= 11 is 0. The molecule has 0 spiro atoms. The van der Waals surface area contributed by atoms with Crippen molar-refractivity contribution >= 4 is 15.9 Å². The second-order valence-electron chi connectivity index (χ2n) is 5.96. The Bertz CT molecular complexity index is 817. The second kappa shape index (κ2) is 6.64. The summed E-state index contributed by atoms with van der Waals surface area (Å²) < 4.78 is 24.8. The van der Waals surface area contributed by atoms with Gasteiger partial charge in [-0.25, -0.2) is 17.9 Å². The van der Waals surface area contributed by atoms with Crippen LogP contribution in [-0.2, 0) is 16.4 Å². The smallest absolute Gasteiger partial charge is 0.317 e. The van der Waals surface area contributed by atoms with Crippen LogP contribution in [0, 0.1) is 0 Å². The van der Waals surface area contributed by atoms with Gasteiger partial charge < -0.3 is 10.2 Å². The Kier molecular flexibility index (Phi) is 4.57. The number of carbonyl (C=O) groups is 1. The zero-order valence-corrected chi connectivity index (χ0v) is 14.2. The highest BCUT2D eigenvalue weighted by atomic mass is 32.2. The molecule has 1 atom stereocenters. The molecular formula is C16H20N4O3S. The van der Waals surface area contributed by atoms with E-state index in [9.17, 15) is 13.2 Å². The van der Waals surface area contributed by atoms with Gasteiger partial charge in [0.1, 0.15) is 0 Å². The summed E-state index contributed by atoms with van der Waals surface area (Å²) in [5.74, 6) is 0.196. The number of urea groups is 1. The van der Waals surface area contributed by atoms with E-state index >= 15 is 0 Å². The van der Waals surface area contributed by atoms with Crippen LogP contribution in [-0.4, -0.2) is 53.7 Å². The molecule has 0 aliphatic carbocycles. The van der Waals surface area contributed by atoms with Crippen LogP contribution in [0.2, 0.25) is 0 Å². The van der Waals surface area contributed by atoms with Gasteiger partial charge in [-0.05, 0) is 18.6 Å². The van der Waals surface area contributed by atoms with Gasteiger partial charge in [-0.3, -0.25) is 0 Å². The van der Waals surface area contributed by atoms with Crippen LogP contribution < -0.4 is 5.32 Å². The Morgan fingerprint density at radius 1 is 1.38 bits per heavy atom. The Balaban J connectivity index is 1.56. The number of hydrogen-bond donors (Lipinski definition) is 1. The SMILES string of the molecule is CN(C(=O)NCc1cnn(-c2ccccc2)c1)C1CCS(=O)(=O)C1. The van der Waals surface area contributed by atoms with Gasteiger partial charge >= 0.3 is 6.03 Å². The summed E-state index contributed by atoms with van der Waals surface area (Å²) in [5.41, 5.74) is 1.82. The van der Waals surface area contributed by atoms with E-state index in [-0.39, 0.29) is 23.6 Å². The van der Waals surface area contributed by atoms with Crippen molar-refractivity contribution in [2.45, 2.75) is 19.0 Å². The van der Waals surface area contributed by atoms with Crippen molar-refractivity contribution in [1.29, 1.82) is 0 Å². The highest BCUT2D eigenvalue weighted by Gasteiger charge is 2.32. The average Bonchev–Trinajstić information content (AvgIpc) is 3.19. The molecule has 2 heterocycles. The van der Waals surface area contributed by atoms with Crippen LogP contribution in [0.25, 0.3) is 5.69 Å². The lowest BCUT2D eigenvalue weighted by Gasteiger charge is -2.23. The third kappa shape index (κ3) is 3.76. The van der Waals surface area contributed by atoms with Crippen LogP contribution in [0.5, 0.6) is 0 Å². The summed E-state index contributed by atoms with van der Waals surface area (Å²) in [5, 5.41) is 7.08. The average molecular weight is 348 g/mol. The van der Waals surface area contributed by atoms with Crippen molar-refractivity contribution in [2.24, 2.45) is 0 Å². The normalized spacial score (nSPS) is 19.1. The van der Waals surface area contributed by atoms with Crippen molar-refractivity contribution in [3.63, 3.8) is 0 Å². The molecule has 2 amide bonds. The van der Waals surface area contributed by atoms with E-state index in [1.165, 1.54) is 4.90 Å². The second-order valence-corrected chi connectivity index (χ2v) is 8.18. The molecule has 1 aliphatic rings. The van der Waals surface area contributed by atoms with Crippen LogP contribution >= 0.6 is 0 Å². The Hall–Kier alpha value is -2.35. The third-order valence-corrected chi connectivity index (χ3v) is 5.93. The monoisotopic (exact) mass is 348 g/mol. The van der Waals surface area contributed by atoms with Crippen LogP contribution in [0.4, 0.5) is 4.79 Å². The quantitative estimate of drug-likeness (QED) is 0.900. The fraction of sp³-hybridized carbons (Fsp3) is 0.375. The van der Waals surface area contributed by atoms with E-state index in [2.05, 4.69) is 10.4 Å². The molecule has 1 aromatic heterocycles. The number of carbonyl (C=O) groups excluding carboxylic acids is 1. The van der Waals surface area contributed by atoms with E-state index < -0.39 is 9.84 Å². The molecule has 1 aliphatic heterocycles. The van der Waals surface area contributed by atoms with Gasteiger partial charge in [0.05, 0.1) is 23.4 Å². The number of sulfone groups is 1. The van der Waals surface area contributed by atoms with Crippen molar-refractivity contribution in [3.8, 4) is 5.69 Å². The molecule has 1 saturated heterocycles. The number of aromatic nitrogens is 2. The van der Waals surface area contributed by atoms with Crippen molar-refractivity contribution in [3.05, 3.63) is 48.3 Å². The van der Waals surface area contributed by atoms with Crippen LogP contribution in [0.15, 0.2) is 42.7 Å². The maximum atomic E-state index is 12.2. The number of nitrogens with one attached hydrogen (secondary N) is 1. The first-order valence-corrected chi connectivity index (χ1v) is 9.57. The van der Waals surface area contributed by atoms with Crippen molar-refractivity contribution < 1.29 is 13.2 Å². The summed E-state index contributed by atoms with van der Waals surface area (Å²) in [6.07, 6.45) is 4.06. The van der Waals surface area contributed by atoms with E-state index in [0.29, 0.717) is 13.0 Å². The maximum Gasteiger partial charge on any atom is 0.317 e. The zero-order valence-electron chi connectivity index (χ0n) is 13.4. The predicted molar refractivity (Wildman–Crippen MR) is 90.6 cm³/mol. The molecule has 0 radical (unpaired) electrons. The Morgan fingerprint density at radius 2 is 2.12 bits per heavy atom. The molecule has 0 bridgehead atoms. The number of para-hydroxylation sites is 1. The number of nitrogens with zero attached hydrogens (tertiary/aromatic N) is 3. The minimum absolute atomic E-state index is 0.0445. The zero-order chi connectivity index (χ0) is 17.2. The number of hydrogen-bond acceptors (Lipinski definition) is 4. The van der Waals surface area contributed by atoms with Gasteiger partial charge in [-0.2, -0.15) is 5.10 Å². The van der Waals surface area contributed by atoms with E-state index in [0.717, 1.165) is 11.3 Å². The van der Waals surface area contributed by atoms with Gasteiger partial charge in [0.2, 0.25) is 0 Å². The molecule has 128 valence electrons. The molecule has 1 fully saturated rings. The molecule has 2 aromatic rings. The Morgan fingerprint density at radius 3 is 2.79 bits per heavy atom. The van der Waals surface area contributed by atoms with E-state index in [4.69, 9.17) is 0 Å². The molecule has 1 N–H and O–H groups in total. The first kappa shape index (κ1) is 16.5. The van der Waals surface area contributed by atoms with Crippen molar-refractivity contribution in [1.82, 2.24) is 20.0 Å². The van der Waals surface area contributed by atoms with Crippen LogP contribution in [0.1, 0.15) is 12.0 Å². The fourth-order valence-corrected chi connectivity index (χ4v) is 4.50. The topological polar surface area (TPSA) is 84.3 Å². The van der Waals surface area contributed by atoms with Gasteiger partial charge in [0.25, 0.3) is 0 Å². The maximum absolute atomic E-state index is 12.2. The minimum atomic E-state index is -3.00. The summed E-state index contributed by atoms with van der Waals surface area (Å²) in [7, 11) is -1.37. The van der Waals surface area contributed by atoms with Gasteiger partial charge in [-0.1, -0.05) is 18.2 Å². The number of amides is 2. The molecule has 24 heavy (non-hydrogen) atoms. The summed E-state index contributed by atoms with van der Waals surface area (Å²) in [6.45, 7) is 0.343. The molecule has 1 aromatic carbocycles. The molecule has 0 saturated carbocycles. The Labute approximate surface area is 141 Å². The summed E-state index contributed by atoms with van der Waals surface area (Å²) in [6, 6.07) is 9.18. The lowest BCUT2D eigenvalue weighted by atomic mass is 10.2. The molecule has 8 heteroatoms. The lowest BCUT2D eigenvalue weighted by Crippen LogP contribution is -2.43. The minimum Gasteiger partial charge on any atom is -0.334 e. The van der Waals surface area contributed by atoms with E-state index in [1.807, 2.05) is 36.5 Å². The first-order chi connectivity index (χ1) is 11.4. The highest BCUT2D eigenvalue weighted by Crippen LogP contribution is 2.16. The highest BCUT2D eigenvalue weighted by molar-refractivity contribution is 7.91. The van der Waals surface area contributed by atoms with Crippen LogP contribution in [0.3, 0.4) is 0 Å². The largest absolute Gasteiger partial charge is 0.334 e. The van der Waals surface area contributed by atoms with E-state index in [1.54, 1.807) is 17.9 Å². The standard InChI is InChI=1S/C16H20N4O3S/c1-19(15-7-8-24(22,23)12-15)16(21)17-9-13-10-18-20(11-13)14-5-3-2-4-6-14/h2-6,10-11,15H,7-9,12H2,1H3,(H,17,21). The molecule has 7 nitrogen and oxygen atoms in total. The molecule has 1 unspecified atom stereocenters. The number of benzene rings is 1. The fourth-order valence-electron chi connectivity index (χ4n) is 2.72.